The first-order chi connectivity index (χ1) is 17.8. The molecule has 182 valence electrons. The van der Waals surface area contributed by atoms with Crippen LogP contribution in [0, 0.1) is 41.5 Å². The summed E-state index contributed by atoms with van der Waals surface area (Å²) >= 11 is 0. The Labute approximate surface area is 217 Å². The van der Waals surface area contributed by atoms with E-state index in [1.54, 1.807) is 0 Å². The lowest BCUT2D eigenvalue weighted by atomic mass is 9.84. The molecule has 37 heavy (non-hydrogen) atoms. The third-order valence-electron chi connectivity index (χ3n) is 8.05. The maximum absolute atomic E-state index is 6.22. The van der Waals surface area contributed by atoms with Gasteiger partial charge >= 0.3 is 0 Å². The number of benzene rings is 3. The lowest BCUT2D eigenvalue weighted by Gasteiger charge is -2.21. The van der Waals surface area contributed by atoms with Crippen LogP contribution in [0.5, 0.6) is 0 Å². The first kappa shape index (κ1) is 23.2. The number of nitrogens with zero attached hydrogens (tertiary/aromatic N) is 2. The number of aryl methyl sites for hydroxylation is 1. The van der Waals surface area contributed by atoms with Crippen LogP contribution in [0.25, 0.3) is 55.6 Å². The van der Waals surface area contributed by atoms with E-state index in [4.69, 9.17) is 9.40 Å². The van der Waals surface area contributed by atoms with Gasteiger partial charge in [0.1, 0.15) is 5.58 Å². The van der Waals surface area contributed by atoms with Crippen molar-refractivity contribution in [3.8, 4) is 33.5 Å². The SMILES string of the molecule is Cc1ccc2c(n1)oc1c(-c3ccc(-c4ccccc4-c4c(C)c(C)c(C)c(C)c4C)cn3)cccc12. The second kappa shape index (κ2) is 8.70. The van der Waals surface area contributed by atoms with Crippen molar-refractivity contribution >= 4 is 22.1 Å². The second-order valence-electron chi connectivity index (χ2n) is 10.1. The zero-order chi connectivity index (χ0) is 25.8. The summed E-state index contributed by atoms with van der Waals surface area (Å²) in [5.74, 6) is 0. The average molecular weight is 483 g/mol. The van der Waals surface area contributed by atoms with Gasteiger partial charge in [0.2, 0.25) is 5.71 Å². The summed E-state index contributed by atoms with van der Waals surface area (Å²) in [6, 6.07) is 23.2. The number of aromatic nitrogens is 2. The van der Waals surface area contributed by atoms with E-state index in [2.05, 4.69) is 100 Å². The lowest BCUT2D eigenvalue weighted by molar-refractivity contribution is 0.653. The number of hydrogen-bond donors (Lipinski definition) is 0. The van der Waals surface area contributed by atoms with E-state index in [1.165, 1.54) is 44.5 Å². The van der Waals surface area contributed by atoms with Gasteiger partial charge in [-0.05, 0) is 110 Å². The predicted molar refractivity (Wildman–Crippen MR) is 154 cm³/mol. The van der Waals surface area contributed by atoms with Gasteiger partial charge in [0.25, 0.3) is 0 Å². The predicted octanol–water partition coefficient (Wildman–Crippen LogP) is 9.23. The Morgan fingerprint density at radius 3 is 1.95 bits per heavy atom. The Bertz CT molecular complexity index is 1790. The summed E-state index contributed by atoms with van der Waals surface area (Å²) in [4.78, 5) is 9.50. The van der Waals surface area contributed by atoms with Gasteiger partial charge in [-0.2, -0.15) is 0 Å². The lowest BCUT2D eigenvalue weighted by Crippen LogP contribution is -2.00. The van der Waals surface area contributed by atoms with Gasteiger partial charge in [-0.15, -0.1) is 0 Å². The van der Waals surface area contributed by atoms with Crippen LogP contribution in [-0.2, 0) is 0 Å². The van der Waals surface area contributed by atoms with Crippen molar-refractivity contribution in [2.75, 3.05) is 0 Å². The molecule has 0 bridgehead atoms. The number of hydrogen-bond acceptors (Lipinski definition) is 3. The van der Waals surface area contributed by atoms with Crippen molar-refractivity contribution in [2.45, 2.75) is 41.5 Å². The molecule has 0 radical (unpaired) electrons. The van der Waals surface area contributed by atoms with E-state index in [0.29, 0.717) is 5.71 Å². The van der Waals surface area contributed by atoms with Gasteiger partial charge in [0, 0.05) is 33.8 Å². The standard InChI is InChI=1S/C34H30N2O/c1-19-14-16-29-28-12-9-13-30(33(28)37-34(29)36-19)31-17-15-25(18-35-31)26-10-7-8-11-27(26)32-23(5)21(3)20(2)22(4)24(32)6/h7-18H,1-6H3. The van der Waals surface area contributed by atoms with Crippen LogP contribution in [0.3, 0.4) is 0 Å². The molecule has 0 amide bonds. The number of pyridine rings is 2. The Morgan fingerprint density at radius 2 is 1.24 bits per heavy atom. The smallest absolute Gasteiger partial charge is 0.227 e. The molecule has 0 aliphatic heterocycles. The van der Waals surface area contributed by atoms with Gasteiger partial charge < -0.3 is 4.42 Å². The van der Waals surface area contributed by atoms with Gasteiger partial charge in [-0.3, -0.25) is 4.98 Å². The van der Waals surface area contributed by atoms with Crippen molar-refractivity contribution in [1.82, 2.24) is 9.97 Å². The van der Waals surface area contributed by atoms with Crippen molar-refractivity contribution in [1.29, 1.82) is 0 Å². The summed E-state index contributed by atoms with van der Waals surface area (Å²) in [7, 11) is 0. The largest absolute Gasteiger partial charge is 0.437 e. The number of fused-ring (bicyclic) bond motifs is 3. The molecule has 3 heterocycles. The number of para-hydroxylation sites is 1. The van der Waals surface area contributed by atoms with E-state index < -0.39 is 0 Å². The van der Waals surface area contributed by atoms with E-state index in [1.807, 2.05) is 19.2 Å². The molecule has 6 aromatic rings. The first-order valence-corrected chi connectivity index (χ1v) is 12.8. The molecule has 0 unspecified atom stereocenters. The molecule has 0 atom stereocenters. The molecule has 0 saturated heterocycles. The van der Waals surface area contributed by atoms with Crippen LogP contribution >= 0.6 is 0 Å². The highest BCUT2D eigenvalue weighted by Crippen LogP contribution is 2.40. The minimum Gasteiger partial charge on any atom is -0.437 e. The topological polar surface area (TPSA) is 38.9 Å². The van der Waals surface area contributed by atoms with Gasteiger partial charge in [-0.25, -0.2) is 4.98 Å². The average Bonchev–Trinajstić information content (AvgIpc) is 3.29. The van der Waals surface area contributed by atoms with Gasteiger partial charge in [-0.1, -0.05) is 42.5 Å². The maximum atomic E-state index is 6.22. The zero-order valence-electron chi connectivity index (χ0n) is 22.2. The third kappa shape index (κ3) is 3.65. The molecule has 0 aliphatic carbocycles. The highest BCUT2D eigenvalue weighted by Gasteiger charge is 2.18. The van der Waals surface area contributed by atoms with Crippen LogP contribution in [0.2, 0.25) is 0 Å². The van der Waals surface area contributed by atoms with E-state index >= 15 is 0 Å². The fourth-order valence-corrected chi connectivity index (χ4v) is 5.54. The molecule has 6 rings (SSSR count). The highest BCUT2D eigenvalue weighted by atomic mass is 16.3. The Balaban J connectivity index is 1.47. The normalized spacial score (nSPS) is 11.5. The summed E-state index contributed by atoms with van der Waals surface area (Å²) in [5.41, 5.74) is 16.0. The molecule has 0 N–H and O–H groups in total. The molecule has 3 nitrogen and oxygen atoms in total. The van der Waals surface area contributed by atoms with E-state index in [-0.39, 0.29) is 0 Å². The van der Waals surface area contributed by atoms with Crippen molar-refractivity contribution in [2.24, 2.45) is 0 Å². The van der Waals surface area contributed by atoms with Crippen molar-refractivity contribution in [3.05, 3.63) is 106 Å². The maximum Gasteiger partial charge on any atom is 0.227 e. The summed E-state index contributed by atoms with van der Waals surface area (Å²) in [6.07, 6.45) is 1.98. The van der Waals surface area contributed by atoms with Crippen LogP contribution in [0.1, 0.15) is 33.5 Å². The van der Waals surface area contributed by atoms with Crippen LogP contribution in [0.15, 0.2) is 77.3 Å². The zero-order valence-corrected chi connectivity index (χ0v) is 22.2. The van der Waals surface area contributed by atoms with Crippen LogP contribution < -0.4 is 0 Å². The highest BCUT2D eigenvalue weighted by molar-refractivity contribution is 6.08. The molecule has 0 saturated carbocycles. The Morgan fingerprint density at radius 1 is 0.568 bits per heavy atom. The number of rotatable bonds is 3. The minimum atomic E-state index is 0.669. The summed E-state index contributed by atoms with van der Waals surface area (Å²) in [6.45, 7) is 13.2. The summed E-state index contributed by atoms with van der Waals surface area (Å²) < 4.78 is 6.22. The molecular formula is C34H30N2O. The van der Waals surface area contributed by atoms with Crippen LogP contribution in [-0.4, -0.2) is 9.97 Å². The Hall–Kier alpha value is -4.24. The van der Waals surface area contributed by atoms with Crippen molar-refractivity contribution < 1.29 is 4.42 Å². The molecular weight excluding hydrogens is 452 g/mol. The molecule has 3 aromatic carbocycles. The first-order valence-electron chi connectivity index (χ1n) is 12.8. The van der Waals surface area contributed by atoms with E-state index in [9.17, 15) is 0 Å². The van der Waals surface area contributed by atoms with Crippen molar-refractivity contribution in [3.63, 3.8) is 0 Å². The third-order valence-corrected chi connectivity index (χ3v) is 8.05. The quantitative estimate of drug-likeness (QED) is 0.252. The van der Waals surface area contributed by atoms with Gasteiger partial charge in [0.15, 0.2) is 0 Å². The molecule has 0 fully saturated rings. The fourth-order valence-electron chi connectivity index (χ4n) is 5.54. The second-order valence-corrected chi connectivity index (χ2v) is 10.1. The van der Waals surface area contributed by atoms with E-state index in [0.717, 1.165) is 38.9 Å². The Kier molecular flexibility index (Phi) is 5.45. The molecule has 3 aromatic heterocycles. The van der Waals surface area contributed by atoms with Gasteiger partial charge in [0.05, 0.1) is 5.69 Å². The summed E-state index contributed by atoms with van der Waals surface area (Å²) in [5, 5.41) is 2.09. The number of furan rings is 1. The molecule has 3 heteroatoms. The van der Waals surface area contributed by atoms with Crippen LogP contribution in [0.4, 0.5) is 0 Å². The molecule has 0 spiro atoms. The monoisotopic (exact) mass is 482 g/mol. The minimum absolute atomic E-state index is 0.669. The molecule has 0 aliphatic rings. The fraction of sp³-hybridized carbons (Fsp3) is 0.176.